The van der Waals surface area contributed by atoms with Gasteiger partial charge in [-0.25, -0.2) is 8.78 Å². The van der Waals surface area contributed by atoms with Gasteiger partial charge >= 0.3 is 0 Å². The number of alkyl halides is 2. The van der Waals surface area contributed by atoms with Crippen LogP contribution in [-0.4, -0.2) is 0 Å². The summed E-state index contributed by atoms with van der Waals surface area (Å²) in [6.45, 7) is 0. The van der Waals surface area contributed by atoms with Gasteiger partial charge in [0, 0.05) is 21.3 Å². The first-order valence-corrected chi connectivity index (χ1v) is 4.77. The minimum absolute atomic E-state index is 0.129. The number of hydrogen-bond donors (Lipinski definition) is 2. The molecule has 0 bridgehead atoms. The summed E-state index contributed by atoms with van der Waals surface area (Å²) in [6, 6.07) is 4.59. The number of fused-ring (bicyclic) bond motifs is 1. The van der Waals surface area contributed by atoms with E-state index in [0.717, 1.165) is 4.70 Å². The van der Waals surface area contributed by atoms with Crippen LogP contribution in [0.4, 0.5) is 19.5 Å². The van der Waals surface area contributed by atoms with E-state index in [1.807, 2.05) is 0 Å². The monoisotopic (exact) mass is 214 g/mol. The number of nitrogen functional groups attached to an aromatic ring is 2. The normalized spacial score (nSPS) is 11.4. The van der Waals surface area contributed by atoms with Crippen molar-refractivity contribution >= 4 is 32.1 Å². The Balaban J connectivity index is 2.74. The first kappa shape index (κ1) is 9.21. The number of halogens is 2. The third-order valence-corrected chi connectivity index (χ3v) is 2.96. The van der Waals surface area contributed by atoms with Crippen molar-refractivity contribution in [3.63, 3.8) is 0 Å². The molecule has 1 aromatic heterocycles. The van der Waals surface area contributed by atoms with Crippen molar-refractivity contribution in [1.82, 2.24) is 0 Å². The van der Waals surface area contributed by atoms with E-state index >= 15 is 0 Å². The average Bonchev–Trinajstić information content (AvgIpc) is 2.46. The quantitative estimate of drug-likeness (QED) is 0.717. The molecule has 4 N–H and O–H groups in total. The van der Waals surface area contributed by atoms with Gasteiger partial charge in [-0.3, -0.25) is 0 Å². The van der Waals surface area contributed by atoms with Crippen molar-refractivity contribution in [1.29, 1.82) is 0 Å². The molecule has 2 rings (SSSR count). The lowest BCUT2D eigenvalue weighted by atomic mass is 10.1. The standard InChI is InChI=1S/C9H8F2N2S/c10-9(11)4-1-2-6-5(8(4)13)3-7(12)14-6/h1-3,9H,12-13H2. The first-order chi connectivity index (χ1) is 6.59. The van der Waals surface area contributed by atoms with E-state index < -0.39 is 6.43 Å². The molecule has 2 aromatic rings. The van der Waals surface area contributed by atoms with Gasteiger partial charge in [0.1, 0.15) is 0 Å². The second-order valence-electron chi connectivity index (χ2n) is 2.93. The van der Waals surface area contributed by atoms with Gasteiger partial charge < -0.3 is 11.5 Å². The summed E-state index contributed by atoms with van der Waals surface area (Å²) in [4.78, 5) is 0. The van der Waals surface area contributed by atoms with Crippen LogP contribution in [0.25, 0.3) is 10.1 Å². The van der Waals surface area contributed by atoms with Crippen LogP contribution in [0, 0.1) is 0 Å². The van der Waals surface area contributed by atoms with Crippen LogP contribution >= 0.6 is 11.3 Å². The Hall–Kier alpha value is -1.36. The Morgan fingerprint density at radius 2 is 1.93 bits per heavy atom. The highest BCUT2D eigenvalue weighted by atomic mass is 32.1. The highest BCUT2D eigenvalue weighted by Crippen LogP contribution is 2.36. The highest BCUT2D eigenvalue weighted by molar-refractivity contribution is 7.22. The van der Waals surface area contributed by atoms with Crippen LogP contribution in [0.15, 0.2) is 18.2 Å². The Kier molecular flexibility index (Phi) is 2.03. The van der Waals surface area contributed by atoms with Gasteiger partial charge in [0.2, 0.25) is 0 Å². The van der Waals surface area contributed by atoms with Gasteiger partial charge in [-0.2, -0.15) is 0 Å². The summed E-state index contributed by atoms with van der Waals surface area (Å²) in [5, 5.41) is 1.20. The first-order valence-electron chi connectivity index (χ1n) is 3.95. The van der Waals surface area contributed by atoms with E-state index in [1.165, 1.54) is 17.4 Å². The highest BCUT2D eigenvalue weighted by Gasteiger charge is 2.14. The van der Waals surface area contributed by atoms with Gasteiger partial charge in [-0.05, 0) is 18.2 Å². The van der Waals surface area contributed by atoms with Crippen molar-refractivity contribution in [3.8, 4) is 0 Å². The maximum atomic E-state index is 12.5. The number of rotatable bonds is 1. The predicted molar refractivity (Wildman–Crippen MR) is 55.6 cm³/mol. The van der Waals surface area contributed by atoms with Crippen LogP contribution in [0.1, 0.15) is 12.0 Å². The molecule has 0 saturated carbocycles. The van der Waals surface area contributed by atoms with Crippen molar-refractivity contribution in [3.05, 3.63) is 23.8 Å². The molecule has 14 heavy (non-hydrogen) atoms. The van der Waals surface area contributed by atoms with E-state index in [9.17, 15) is 8.78 Å². The Morgan fingerprint density at radius 3 is 2.57 bits per heavy atom. The molecule has 5 heteroatoms. The van der Waals surface area contributed by atoms with Crippen molar-refractivity contribution in [2.45, 2.75) is 6.43 Å². The SMILES string of the molecule is Nc1cc2c(N)c(C(F)F)ccc2s1. The smallest absolute Gasteiger partial charge is 0.265 e. The van der Waals surface area contributed by atoms with E-state index in [4.69, 9.17) is 11.5 Å². The third-order valence-electron chi connectivity index (χ3n) is 2.03. The lowest BCUT2D eigenvalue weighted by Gasteiger charge is -2.04. The summed E-state index contributed by atoms with van der Waals surface area (Å²) in [5.74, 6) is 0. The summed E-state index contributed by atoms with van der Waals surface area (Å²) in [7, 11) is 0. The van der Waals surface area contributed by atoms with E-state index in [-0.39, 0.29) is 11.3 Å². The summed E-state index contributed by atoms with van der Waals surface area (Å²) in [6.07, 6.45) is -2.54. The van der Waals surface area contributed by atoms with Gasteiger partial charge in [0.05, 0.1) is 5.00 Å². The lowest BCUT2D eigenvalue weighted by molar-refractivity contribution is 0.152. The maximum Gasteiger partial charge on any atom is 0.265 e. The average molecular weight is 214 g/mol. The molecule has 1 aromatic carbocycles. The fourth-order valence-corrected chi connectivity index (χ4v) is 2.21. The molecular weight excluding hydrogens is 206 g/mol. The summed E-state index contributed by atoms with van der Waals surface area (Å²) >= 11 is 1.34. The molecule has 0 aliphatic heterocycles. The molecule has 0 aliphatic rings. The number of thiophene rings is 1. The number of anilines is 2. The molecular formula is C9H8F2N2S. The van der Waals surface area contributed by atoms with Crippen LogP contribution < -0.4 is 11.5 Å². The molecule has 0 aliphatic carbocycles. The minimum Gasteiger partial charge on any atom is -0.398 e. The van der Waals surface area contributed by atoms with Crippen LogP contribution in [0.5, 0.6) is 0 Å². The fourth-order valence-electron chi connectivity index (χ4n) is 1.36. The Labute approximate surface area is 83.1 Å². The van der Waals surface area contributed by atoms with E-state index in [2.05, 4.69) is 0 Å². The van der Waals surface area contributed by atoms with Crippen molar-refractivity contribution in [2.75, 3.05) is 11.5 Å². The Bertz CT molecular complexity index is 479. The zero-order valence-electron chi connectivity index (χ0n) is 7.13. The topological polar surface area (TPSA) is 52.0 Å². The van der Waals surface area contributed by atoms with Gasteiger partial charge in [0.15, 0.2) is 0 Å². The molecule has 0 radical (unpaired) electrons. The van der Waals surface area contributed by atoms with Crippen LogP contribution in [0.3, 0.4) is 0 Å². The van der Waals surface area contributed by atoms with Crippen LogP contribution in [-0.2, 0) is 0 Å². The third kappa shape index (κ3) is 1.29. The molecule has 74 valence electrons. The zero-order chi connectivity index (χ0) is 10.3. The van der Waals surface area contributed by atoms with Crippen molar-refractivity contribution < 1.29 is 8.78 Å². The molecule has 0 unspecified atom stereocenters. The summed E-state index contributed by atoms with van der Waals surface area (Å²) in [5.41, 5.74) is 11.2. The van der Waals surface area contributed by atoms with Gasteiger partial charge in [0.25, 0.3) is 6.43 Å². The number of benzene rings is 1. The molecule has 0 fully saturated rings. The minimum atomic E-state index is -2.54. The summed E-state index contributed by atoms with van der Waals surface area (Å²) < 4.78 is 25.7. The molecule has 0 atom stereocenters. The van der Waals surface area contributed by atoms with Crippen molar-refractivity contribution in [2.24, 2.45) is 0 Å². The fraction of sp³-hybridized carbons (Fsp3) is 0.111. The molecule has 0 spiro atoms. The largest absolute Gasteiger partial charge is 0.398 e. The second-order valence-corrected chi connectivity index (χ2v) is 4.05. The molecule has 0 saturated heterocycles. The predicted octanol–water partition coefficient (Wildman–Crippen LogP) is 3.00. The second kappa shape index (κ2) is 3.09. The van der Waals surface area contributed by atoms with E-state index in [0.29, 0.717) is 10.4 Å². The Morgan fingerprint density at radius 1 is 1.21 bits per heavy atom. The number of hydrogen-bond acceptors (Lipinski definition) is 3. The van der Waals surface area contributed by atoms with Gasteiger partial charge in [-0.1, -0.05) is 0 Å². The van der Waals surface area contributed by atoms with Gasteiger partial charge in [-0.15, -0.1) is 11.3 Å². The van der Waals surface area contributed by atoms with Crippen LogP contribution in [0.2, 0.25) is 0 Å². The lowest BCUT2D eigenvalue weighted by Crippen LogP contribution is -1.94. The molecule has 0 amide bonds. The molecule has 1 heterocycles. The number of nitrogens with two attached hydrogens (primary N) is 2. The van der Waals surface area contributed by atoms with E-state index in [1.54, 1.807) is 12.1 Å². The maximum absolute atomic E-state index is 12.5. The zero-order valence-corrected chi connectivity index (χ0v) is 7.94. The molecule has 2 nitrogen and oxygen atoms in total.